The van der Waals surface area contributed by atoms with Crippen molar-refractivity contribution >= 4 is 22.6 Å². The Kier molecular flexibility index (Phi) is 4.47. The molecule has 0 bridgehead atoms. The molecule has 28 heavy (non-hydrogen) atoms. The number of aromatic hydroxyl groups is 1. The van der Waals surface area contributed by atoms with Crippen LogP contribution in [0.3, 0.4) is 0 Å². The molecule has 1 aromatic heterocycles. The van der Waals surface area contributed by atoms with Gasteiger partial charge in [0.1, 0.15) is 11.4 Å². The fourth-order valence-electron chi connectivity index (χ4n) is 2.91. The Balaban J connectivity index is 1.51. The lowest BCUT2D eigenvalue weighted by Gasteiger charge is -2.11. The van der Waals surface area contributed by atoms with Crippen molar-refractivity contribution in [2.45, 2.75) is 0 Å². The number of fused-ring (bicyclic) bond motifs is 1. The standard InChI is InChI=1S/C21H16N4O3/c26-19-11-15-7-5-4-6-14(15)10-17(19)20(27)23-24-21(28)18-12-22-13-25(18)16-8-2-1-3-9-16/h1-13,26H,(H,23,27)(H,24,28). The first kappa shape index (κ1) is 17.3. The van der Waals surface area contributed by atoms with Gasteiger partial charge in [-0.15, -0.1) is 0 Å². The Morgan fingerprint density at radius 2 is 1.50 bits per heavy atom. The van der Waals surface area contributed by atoms with E-state index >= 15 is 0 Å². The van der Waals surface area contributed by atoms with Gasteiger partial charge in [-0.25, -0.2) is 4.98 Å². The number of para-hydroxylation sites is 1. The minimum atomic E-state index is -0.623. The molecule has 0 spiro atoms. The second-order valence-corrected chi connectivity index (χ2v) is 6.11. The third kappa shape index (κ3) is 3.28. The number of nitrogens with one attached hydrogen (secondary N) is 2. The fourth-order valence-corrected chi connectivity index (χ4v) is 2.91. The third-order valence-electron chi connectivity index (χ3n) is 4.30. The van der Waals surface area contributed by atoms with Crippen molar-refractivity contribution in [1.29, 1.82) is 0 Å². The van der Waals surface area contributed by atoms with Crippen LogP contribution >= 0.6 is 0 Å². The van der Waals surface area contributed by atoms with Crippen LogP contribution in [0.15, 0.2) is 79.3 Å². The second kappa shape index (κ2) is 7.24. The Labute approximate surface area is 160 Å². The van der Waals surface area contributed by atoms with Gasteiger partial charge in [0.25, 0.3) is 11.8 Å². The first-order valence-corrected chi connectivity index (χ1v) is 8.54. The van der Waals surface area contributed by atoms with Gasteiger partial charge in [-0.1, -0.05) is 42.5 Å². The number of carbonyl (C=O) groups excluding carboxylic acids is 2. The van der Waals surface area contributed by atoms with E-state index in [2.05, 4.69) is 15.8 Å². The average Bonchev–Trinajstić information content (AvgIpc) is 3.22. The molecule has 4 aromatic rings. The number of benzene rings is 3. The summed E-state index contributed by atoms with van der Waals surface area (Å²) in [4.78, 5) is 28.9. The number of aromatic nitrogens is 2. The lowest BCUT2D eigenvalue weighted by atomic mass is 10.1. The van der Waals surface area contributed by atoms with Crippen LogP contribution in [-0.2, 0) is 0 Å². The highest BCUT2D eigenvalue weighted by atomic mass is 16.3. The number of nitrogens with zero attached hydrogens (tertiary/aromatic N) is 2. The van der Waals surface area contributed by atoms with Gasteiger partial charge < -0.3 is 5.11 Å². The molecule has 3 N–H and O–H groups in total. The summed E-state index contributed by atoms with van der Waals surface area (Å²) in [5, 5.41) is 11.8. The number of amides is 2. The lowest BCUT2D eigenvalue weighted by molar-refractivity contribution is 0.0841. The number of rotatable bonds is 3. The number of imidazole rings is 1. The lowest BCUT2D eigenvalue weighted by Crippen LogP contribution is -2.42. The zero-order valence-corrected chi connectivity index (χ0v) is 14.7. The first-order chi connectivity index (χ1) is 13.6. The van der Waals surface area contributed by atoms with Crippen LogP contribution in [0, 0.1) is 0 Å². The number of hydrogen-bond donors (Lipinski definition) is 3. The first-order valence-electron chi connectivity index (χ1n) is 8.54. The molecule has 0 saturated carbocycles. The number of hydrazine groups is 1. The molecule has 1 heterocycles. The van der Waals surface area contributed by atoms with E-state index < -0.39 is 11.8 Å². The largest absolute Gasteiger partial charge is 0.507 e. The van der Waals surface area contributed by atoms with Crippen molar-refractivity contribution in [2.24, 2.45) is 0 Å². The van der Waals surface area contributed by atoms with Crippen LogP contribution in [0.1, 0.15) is 20.8 Å². The molecule has 0 atom stereocenters. The van der Waals surface area contributed by atoms with Gasteiger partial charge in [0.2, 0.25) is 0 Å². The normalized spacial score (nSPS) is 10.6. The predicted octanol–water partition coefficient (Wildman–Crippen LogP) is 2.81. The summed E-state index contributed by atoms with van der Waals surface area (Å²) in [5.74, 6) is -1.32. The zero-order chi connectivity index (χ0) is 19.5. The molecule has 0 aliphatic heterocycles. The summed E-state index contributed by atoms with van der Waals surface area (Å²) in [6.45, 7) is 0. The molecule has 7 nitrogen and oxygen atoms in total. The number of hydrogen-bond acceptors (Lipinski definition) is 4. The summed E-state index contributed by atoms with van der Waals surface area (Å²) in [7, 11) is 0. The van der Waals surface area contributed by atoms with Crippen molar-refractivity contribution < 1.29 is 14.7 Å². The molecule has 7 heteroatoms. The van der Waals surface area contributed by atoms with Crippen molar-refractivity contribution in [1.82, 2.24) is 20.4 Å². The van der Waals surface area contributed by atoms with E-state index in [1.807, 2.05) is 54.6 Å². The zero-order valence-electron chi connectivity index (χ0n) is 14.7. The topological polar surface area (TPSA) is 96.3 Å². The molecular weight excluding hydrogens is 356 g/mol. The minimum Gasteiger partial charge on any atom is -0.507 e. The minimum absolute atomic E-state index is 0.0653. The van der Waals surface area contributed by atoms with Gasteiger partial charge in [-0.2, -0.15) is 0 Å². The van der Waals surface area contributed by atoms with Crippen molar-refractivity contribution in [3.8, 4) is 11.4 Å². The molecule has 0 fully saturated rings. The molecule has 138 valence electrons. The Hall–Kier alpha value is -4.13. The summed E-state index contributed by atoms with van der Waals surface area (Å²) in [6.07, 6.45) is 2.92. The summed E-state index contributed by atoms with van der Waals surface area (Å²) in [5.41, 5.74) is 5.78. The van der Waals surface area contributed by atoms with Crippen LogP contribution in [0.4, 0.5) is 0 Å². The molecule has 0 aliphatic rings. The van der Waals surface area contributed by atoms with Crippen molar-refractivity contribution in [2.75, 3.05) is 0 Å². The van der Waals surface area contributed by atoms with Crippen molar-refractivity contribution in [3.05, 3.63) is 90.5 Å². The summed E-state index contributed by atoms with van der Waals surface area (Å²) in [6, 6.07) is 19.7. The van der Waals surface area contributed by atoms with Gasteiger partial charge in [0, 0.05) is 5.69 Å². The van der Waals surface area contributed by atoms with Crippen LogP contribution in [-0.4, -0.2) is 26.5 Å². The van der Waals surface area contributed by atoms with Gasteiger partial charge in [-0.05, 0) is 35.0 Å². The molecule has 0 unspecified atom stereocenters. The van der Waals surface area contributed by atoms with Crippen LogP contribution < -0.4 is 10.9 Å². The summed E-state index contributed by atoms with van der Waals surface area (Å²) >= 11 is 0. The summed E-state index contributed by atoms with van der Waals surface area (Å²) < 4.78 is 1.61. The average molecular weight is 372 g/mol. The highest BCUT2D eigenvalue weighted by Crippen LogP contribution is 2.24. The fraction of sp³-hybridized carbons (Fsp3) is 0. The molecule has 0 saturated heterocycles. The predicted molar refractivity (Wildman–Crippen MR) is 104 cm³/mol. The monoisotopic (exact) mass is 372 g/mol. The number of phenolic OH excluding ortho intramolecular Hbond substituents is 1. The molecule has 2 amide bonds. The SMILES string of the molecule is O=C(NNC(=O)c1cncn1-c1ccccc1)c1cc2ccccc2cc1O. The smallest absolute Gasteiger partial charge is 0.288 e. The molecule has 3 aromatic carbocycles. The van der Waals surface area contributed by atoms with Crippen molar-refractivity contribution in [3.63, 3.8) is 0 Å². The quantitative estimate of drug-likeness (QED) is 0.482. The maximum atomic E-state index is 12.5. The molecule has 4 rings (SSSR count). The van der Waals surface area contributed by atoms with Crippen LogP contribution in [0.2, 0.25) is 0 Å². The van der Waals surface area contributed by atoms with E-state index in [0.717, 1.165) is 16.5 Å². The van der Waals surface area contributed by atoms with Gasteiger partial charge in [0.05, 0.1) is 18.1 Å². The molecule has 0 aliphatic carbocycles. The van der Waals surface area contributed by atoms with E-state index in [-0.39, 0.29) is 17.0 Å². The van der Waals surface area contributed by atoms with Gasteiger partial charge in [-0.3, -0.25) is 25.0 Å². The molecular formula is C21H16N4O3. The van der Waals surface area contributed by atoms with Crippen LogP contribution in [0.5, 0.6) is 5.75 Å². The van der Waals surface area contributed by atoms with E-state index in [4.69, 9.17) is 0 Å². The number of carbonyl (C=O) groups is 2. The van der Waals surface area contributed by atoms with E-state index in [1.165, 1.54) is 18.6 Å². The highest BCUT2D eigenvalue weighted by molar-refractivity contribution is 6.03. The van der Waals surface area contributed by atoms with Gasteiger partial charge >= 0.3 is 0 Å². The van der Waals surface area contributed by atoms with E-state index in [0.29, 0.717) is 0 Å². The van der Waals surface area contributed by atoms with E-state index in [9.17, 15) is 14.7 Å². The highest BCUT2D eigenvalue weighted by Gasteiger charge is 2.16. The maximum absolute atomic E-state index is 12.5. The van der Waals surface area contributed by atoms with Gasteiger partial charge in [0.15, 0.2) is 0 Å². The molecule has 0 radical (unpaired) electrons. The number of phenols is 1. The third-order valence-corrected chi connectivity index (χ3v) is 4.30. The second-order valence-electron chi connectivity index (χ2n) is 6.11. The van der Waals surface area contributed by atoms with Crippen LogP contribution in [0.25, 0.3) is 16.5 Å². The maximum Gasteiger partial charge on any atom is 0.288 e. The Morgan fingerprint density at radius 3 is 2.25 bits per heavy atom. The Morgan fingerprint density at radius 1 is 0.857 bits per heavy atom. The van der Waals surface area contributed by atoms with E-state index in [1.54, 1.807) is 10.6 Å². The Bertz CT molecular complexity index is 1170.